The first-order valence-electron chi connectivity index (χ1n) is 11.1. The van der Waals surface area contributed by atoms with Crippen molar-refractivity contribution in [1.29, 1.82) is 0 Å². The van der Waals surface area contributed by atoms with E-state index in [9.17, 15) is 8.42 Å². The molecular formula is C25H28N4O3S. The molecule has 0 radical (unpaired) electrons. The lowest BCUT2D eigenvalue weighted by Gasteiger charge is -2.36. The number of rotatable bonds is 5. The van der Waals surface area contributed by atoms with Crippen LogP contribution in [0.5, 0.6) is 5.75 Å². The molecule has 5 rings (SSSR count). The lowest BCUT2D eigenvalue weighted by atomic mass is 10.1. The Morgan fingerprint density at radius 2 is 1.73 bits per heavy atom. The third-order valence-corrected chi connectivity index (χ3v) is 8.41. The van der Waals surface area contributed by atoms with Crippen molar-refractivity contribution in [3.8, 4) is 5.75 Å². The topological polar surface area (TPSA) is 67.7 Å². The van der Waals surface area contributed by atoms with Crippen molar-refractivity contribution in [2.45, 2.75) is 12.7 Å². The maximum absolute atomic E-state index is 13.0. The minimum absolute atomic E-state index is 0.0342. The van der Waals surface area contributed by atoms with Gasteiger partial charge < -0.3 is 14.2 Å². The van der Waals surface area contributed by atoms with E-state index in [1.165, 1.54) is 0 Å². The molecule has 1 fully saturated rings. The van der Waals surface area contributed by atoms with Crippen LogP contribution < -0.4 is 9.64 Å². The number of nitrogens with zero attached hydrogens (tertiary/aromatic N) is 4. The summed E-state index contributed by atoms with van der Waals surface area (Å²) in [5, 5.41) is 2.31. The quantitative estimate of drug-likeness (QED) is 0.451. The van der Waals surface area contributed by atoms with Gasteiger partial charge in [0.25, 0.3) is 0 Å². The molecule has 1 aliphatic heterocycles. The normalized spacial score (nSPS) is 15.4. The molecule has 0 aliphatic carbocycles. The van der Waals surface area contributed by atoms with Crippen molar-refractivity contribution in [2.75, 3.05) is 38.2 Å². The highest BCUT2D eigenvalue weighted by Gasteiger charge is 2.28. The Hall–Kier alpha value is -3.10. The van der Waals surface area contributed by atoms with E-state index >= 15 is 0 Å². The van der Waals surface area contributed by atoms with Crippen molar-refractivity contribution < 1.29 is 13.2 Å². The van der Waals surface area contributed by atoms with Crippen LogP contribution in [0, 0.1) is 6.92 Å². The van der Waals surface area contributed by atoms with Crippen LogP contribution in [-0.4, -0.2) is 55.6 Å². The summed E-state index contributed by atoms with van der Waals surface area (Å²) in [6, 6.07) is 15.6. The van der Waals surface area contributed by atoms with Gasteiger partial charge in [0.05, 0.1) is 35.3 Å². The van der Waals surface area contributed by atoms with Gasteiger partial charge in [0.2, 0.25) is 10.0 Å². The second-order valence-electron chi connectivity index (χ2n) is 8.52. The summed E-state index contributed by atoms with van der Waals surface area (Å²) in [5.74, 6) is 0.826. The van der Waals surface area contributed by atoms with Crippen LogP contribution in [0.15, 0.2) is 54.7 Å². The summed E-state index contributed by atoms with van der Waals surface area (Å²) in [4.78, 5) is 6.68. The molecule has 8 heteroatoms. The van der Waals surface area contributed by atoms with Crippen LogP contribution in [0.2, 0.25) is 0 Å². The van der Waals surface area contributed by atoms with Gasteiger partial charge in [0.15, 0.2) is 0 Å². The number of sulfonamides is 1. The van der Waals surface area contributed by atoms with Gasteiger partial charge in [0.1, 0.15) is 5.75 Å². The highest BCUT2D eigenvalue weighted by molar-refractivity contribution is 7.88. The third kappa shape index (κ3) is 3.83. The fourth-order valence-corrected chi connectivity index (χ4v) is 6.38. The van der Waals surface area contributed by atoms with Gasteiger partial charge in [-0.15, -0.1) is 0 Å². The second-order valence-corrected chi connectivity index (χ2v) is 10.5. The molecule has 1 saturated heterocycles. The molecule has 0 amide bonds. The number of piperazine rings is 1. The first kappa shape index (κ1) is 21.7. The third-order valence-electron chi connectivity index (χ3n) is 6.56. The van der Waals surface area contributed by atoms with Gasteiger partial charge in [-0.2, -0.15) is 4.31 Å². The first-order chi connectivity index (χ1) is 15.9. The standard InChI is InChI=1S/C25H28N4O3S/c1-18-25-20(9-10-26-18)21-15-23(24(32-3)16-22(21)27(25)2)28-11-13-29(14-12-28)33(30,31)17-19-7-5-4-6-8-19/h4-10,15-16H,11-14,17H2,1-3H3. The predicted molar refractivity (Wildman–Crippen MR) is 132 cm³/mol. The summed E-state index contributed by atoms with van der Waals surface area (Å²) in [5.41, 5.74) is 5.00. The molecule has 172 valence electrons. The van der Waals surface area contributed by atoms with Gasteiger partial charge in [-0.1, -0.05) is 30.3 Å². The number of pyridine rings is 1. The molecule has 2 aromatic heterocycles. The molecule has 0 N–H and O–H groups in total. The van der Waals surface area contributed by atoms with E-state index in [1.54, 1.807) is 11.4 Å². The minimum atomic E-state index is -3.36. The smallest absolute Gasteiger partial charge is 0.218 e. The zero-order chi connectivity index (χ0) is 23.2. The highest BCUT2D eigenvalue weighted by Crippen LogP contribution is 2.38. The zero-order valence-corrected chi connectivity index (χ0v) is 20.0. The molecule has 0 bridgehead atoms. The summed E-state index contributed by atoms with van der Waals surface area (Å²) >= 11 is 0. The Balaban J connectivity index is 1.43. The molecule has 0 saturated carbocycles. The monoisotopic (exact) mass is 464 g/mol. The molecular weight excluding hydrogens is 436 g/mol. The maximum Gasteiger partial charge on any atom is 0.218 e. The number of anilines is 1. The van der Waals surface area contributed by atoms with Gasteiger partial charge in [-0.25, -0.2) is 8.42 Å². The van der Waals surface area contributed by atoms with Crippen LogP contribution in [0.25, 0.3) is 21.8 Å². The highest BCUT2D eigenvalue weighted by atomic mass is 32.2. The first-order valence-corrected chi connectivity index (χ1v) is 12.7. The maximum atomic E-state index is 13.0. The van der Waals surface area contributed by atoms with E-state index in [0.717, 1.165) is 44.5 Å². The van der Waals surface area contributed by atoms with Gasteiger partial charge in [0, 0.05) is 56.3 Å². The van der Waals surface area contributed by atoms with E-state index in [-0.39, 0.29) is 5.75 Å². The average Bonchev–Trinajstić information content (AvgIpc) is 3.11. The molecule has 0 atom stereocenters. The van der Waals surface area contributed by atoms with Crippen molar-refractivity contribution in [3.05, 3.63) is 66.0 Å². The van der Waals surface area contributed by atoms with Crippen LogP contribution in [-0.2, 0) is 22.8 Å². The van der Waals surface area contributed by atoms with E-state index < -0.39 is 10.0 Å². The Bertz CT molecular complexity index is 1420. The number of hydrogen-bond acceptors (Lipinski definition) is 5. The molecule has 0 spiro atoms. The lowest BCUT2D eigenvalue weighted by molar-refractivity contribution is 0.378. The predicted octanol–water partition coefficient (Wildman–Crippen LogP) is 3.70. The summed E-state index contributed by atoms with van der Waals surface area (Å²) in [6.07, 6.45) is 1.84. The number of aryl methyl sites for hydroxylation is 2. The van der Waals surface area contributed by atoms with Crippen LogP contribution in [0.1, 0.15) is 11.3 Å². The number of hydrogen-bond donors (Lipinski definition) is 0. The van der Waals surface area contributed by atoms with Crippen molar-refractivity contribution in [2.24, 2.45) is 7.05 Å². The number of fused-ring (bicyclic) bond motifs is 3. The summed E-state index contributed by atoms with van der Waals surface area (Å²) in [6.45, 7) is 4.15. The van der Waals surface area contributed by atoms with Crippen molar-refractivity contribution >= 4 is 37.5 Å². The lowest BCUT2D eigenvalue weighted by Crippen LogP contribution is -2.49. The number of methoxy groups -OCH3 is 1. The van der Waals surface area contributed by atoms with Crippen LogP contribution in [0.4, 0.5) is 5.69 Å². The molecule has 7 nitrogen and oxygen atoms in total. The van der Waals surface area contributed by atoms with E-state index in [4.69, 9.17) is 4.74 Å². The number of benzene rings is 2. The number of ether oxygens (including phenoxy) is 1. The zero-order valence-electron chi connectivity index (χ0n) is 19.2. The Morgan fingerprint density at radius 1 is 1.00 bits per heavy atom. The molecule has 4 aromatic rings. The van der Waals surface area contributed by atoms with E-state index in [1.807, 2.05) is 43.5 Å². The van der Waals surface area contributed by atoms with Crippen molar-refractivity contribution in [1.82, 2.24) is 13.9 Å². The SMILES string of the molecule is COc1cc2c(cc1N1CCN(S(=O)(=O)Cc3ccccc3)CC1)c1ccnc(C)c1n2C. The Labute approximate surface area is 194 Å². The van der Waals surface area contributed by atoms with E-state index in [2.05, 4.69) is 39.7 Å². The fourth-order valence-electron chi connectivity index (χ4n) is 4.86. The molecule has 2 aromatic carbocycles. The Morgan fingerprint density at radius 3 is 2.42 bits per heavy atom. The average molecular weight is 465 g/mol. The molecule has 33 heavy (non-hydrogen) atoms. The molecule has 1 aliphatic rings. The summed E-state index contributed by atoms with van der Waals surface area (Å²) < 4.78 is 35.4. The number of aromatic nitrogens is 2. The largest absolute Gasteiger partial charge is 0.495 e. The van der Waals surface area contributed by atoms with Crippen LogP contribution in [0.3, 0.4) is 0 Å². The fraction of sp³-hybridized carbons (Fsp3) is 0.320. The van der Waals surface area contributed by atoms with Crippen LogP contribution >= 0.6 is 0 Å². The molecule has 3 heterocycles. The van der Waals surface area contributed by atoms with Gasteiger partial charge in [-0.3, -0.25) is 4.98 Å². The van der Waals surface area contributed by atoms with Crippen molar-refractivity contribution in [3.63, 3.8) is 0 Å². The van der Waals surface area contributed by atoms with Gasteiger partial charge in [-0.05, 0) is 24.6 Å². The van der Waals surface area contributed by atoms with Gasteiger partial charge >= 0.3 is 0 Å². The van der Waals surface area contributed by atoms with E-state index in [0.29, 0.717) is 26.2 Å². The summed E-state index contributed by atoms with van der Waals surface area (Å²) in [7, 11) is 0.374. The minimum Gasteiger partial charge on any atom is -0.495 e. The Kier molecular flexibility index (Phi) is 5.50. The second kappa shape index (κ2) is 8.35. The molecule has 0 unspecified atom stereocenters.